The average Bonchev–Trinajstić information content (AvgIpc) is 2.77. The summed E-state index contributed by atoms with van der Waals surface area (Å²) in [6, 6.07) is 10.4. The molecule has 1 amide bonds. The summed E-state index contributed by atoms with van der Waals surface area (Å²) in [4.78, 5) is 32.1. The van der Waals surface area contributed by atoms with Gasteiger partial charge in [0.05, 0.1) is 31.4 Å². The predicted octanol–water partition coefficient (Wildman–Crippen LogP) is 2.56. The molecule has 2 aromatic carbocycles. The van der Waals surface area contributed by atoms with E-state index in [4.69, 9.17) is 9.47 Å². The van der Waals surface area contributed by atoms with Gasteiger partial charge in [-0.15, -0.1) is 0 Å². The van der Waals surface area contributed by atoms with E-state index in [-0.39, 0.29) is 11.5 Å². The number of para-hydroxylation sites is 1. The maximum atomic E-state index is 13.2. The zero-order valence-electron chi connectivity index (χ0n) is 16.7. The number of carbonyl (C=O) groups is 1. The normalized spacial score (nSPS) is 14.4. The zero-order chi connectivity index (χ0) is 20.5. The molecule has 1 aromatic heterocycles. The Morgan fingerprint density at radius 3 is 2.52 bits per heavy atom. The molecule has 1 aliphatic heterocycles. The molecule has 0 aliphatic carbocycles. The minimum absolute atomic E-state index is 0.107. The molecule has 0 spiro atoms. The van der Waals surface area contributed by atoms with E-state index < -0.39 is 6.04 Å². The molecule has 2 heterocycles. The molecule has 0 saturated heterocycles. The number of nitrogens with zero attached hydrogens (tertiary/aromatic N) is 3. The molecular formula is C22H23N3O4. The second kappa shape index (κ2) is 7.58. The number of carbonyl (C=O) groups excluding carboxylic acids is 1. The standard InChI is InChI=1S/C22H23N3O4/c1-14(25-13-23-18-7-5-4-6-17(18)22(25)27)21(26)24-9-8-15-10-19(28-2)20(29-3)11-16(15)12-24/h4-7,10-11,13-14H,8-9,12H2,1-3H3/t14-/m0/s1. The largest absolute Gasteiger partial charge is 0.493 e. The van der Waals surface area contributed by atoms with E-state index in [0.29, 0.717) is 35.5 Å². The summed E-state index contributed by atoms with van der Waals surface area (Å²) in [5.74, 6) is 1.22. The summed E-state index contributed by atoms with van der Waals surface area (Å²) >= 11 is 0. The first-order valence-corrected chi connectivity index (χ1v) is 9.52. The Morgan fingerprint density at radius 2 is 1.79 bits per heavy atom. The third-order valence-electron chi connectivity index (χ3n) is 5.49. The molecule has 1 aliphatic rings. The highest BCUT2D eigenvalue weighted by Gasteiger charge is 2.27. The van der Waals surface area contributed by atoms with Gasteiger partial charge in [-0.05, 0) is 48.7 Å². The van der Waals surface area contributed by atoms with Crippen molar-refractivity contribution in [2.45, 2.75) is 25.9 Å². The molecule has 0 fully saturated rings. The van der Waals surface area contributed by atoms with Crippen LogP contribution in [0.15, 0.2) is 47.5 Å². The number of amides is 1. The van der Waals surface area contributed by atoms with Crippen molar-refractivity contribution in [3.8, 4) is 11.5 Å². The number of aromatic nitrogens is 2. The Bertz CT molecular complexity index is 1140. The Kier molecular flexibility index (Phi) is 4.96. The quantitative estimate of drug-likeness (QED) is 0.681. The van der Waals surface area contributed by atoms with Gasteiger partial charge in [-0.25, -0.2) is 4.98 Å². The van der Waals surface area contributed by atoms with Crippen LogP contribution in [0.3, 0.4) is 0 Å². The molecule has 4 rings (SSSR count). The fourth-order valence-electron chi connectivity index (χ4n) is 3.81. The molecule has 0 unspecified atom stereocenters. The van der Waals surface area contributed by atoms with Crippen LogP contribution < -0.4 is 15.0 Å². The van der Waals surface area contributed by atoms with Gasteiger partial charge in [-0.2, -0.15) is 0 Å². The fraction of sp³-hybridized carbons (Fsp3) is 0.318. The van der Waals surface area contributed by atoms with Crippen molar-refractivity contribution in [3.05, 3.63) is 64.2 Å². The first kappa shape index (κ1) is 19.0. The summed E-state index contributed by atoms with van der Waals surface area (Å²) in [5, 5.41) is 0.510. The van der Waals surface area contributed by atoms with Gasteiger partial charge in [0, 0.05) is 13.1 Å². The summed E-state index contributed by atoms with van der Waals surface area (Å²) in [6.07, 6.45) is 2.18. The topological polar surface area (TPSA) is 73.7 Å². The molecule has 0 radical (unpaired) electrons. The van der Waals surface area contributed by atoms with Crippen LogP contribution in [-0.2, 0) is 17.8 Å². The number of hydrogen-bond acceptors (Lipinski definition) is 5. The third kappa shape index (κ3) is 3.33. The van der Waals surface area contributed by atoms with Gasteiger partial charge in [0.1, 0.15) is 6.04 Å². The number of hydrogen-bond donors (Lipinski definition) is 0. The van der Waals surface area contributed by atoms with Gasteiger partial charge in [-0.3, -0.25) is 14.2 Å². The maximum absolute atomic E-state index is 13.2. The van der Waals surface area contributed by atoms with Crippen LogP contribution in [0.2, 0.25) is 0 Å². The van der Waals surface area contributed by atoms with E-state index in [1.807, 2.05) is 18.2 Å². The van der Waals surface area contributed by atoms with E-state index in [2.05, 4.69) is 4.98 Å². The van der Waals surface area contributed by atoms with Gasteiger partial charge < -0.3 is 14.4 Å². The third-order valence-corrected chi connectivity index (χ3v) is 5.49. The van der Waals surface area contributed by atoms with Gasteiger partial charge in [0.2, 0.25) is 5.91 Å². The smallest absolute Gasteiger partial charge is 0.261 e. The van der Waals surface area contributed by atoms with Gasteiger partial charge >= 0.3 is 0 Å². The molecule has 1 atom stereocenters. The van der Waals surface area contributed by atoms with Crippen molar-refractivity contribution in [1.82, 2.24) is 14.5 Å². The minimum atomic E-state index is -0.638. The fourth-order valence-corrected chi connectivity index (χ4v) is 3.81. The van der Waals surface area contributed by atoms with Crippen LogP contribution in [0.25, 0.3) is 10.9 Å². The predicted molar refractivity (Wildman–Crippen MR) is 109 cm³/mol. The van der Waals surface area contributed by atoms with E-state index in [9.17, 15) is 9.59 Å². The number of ether oxygens (including phenoxy) is 2. The number of benzene rings is 2. The lowest BCUT2D eigenvalue weighted by atomic mass is 9.98. The monoisotopic (exact) mass is 393 g/mol. The zero-order valence-corrected chi connectivity index (χ0v) is 16.7. The van der Waals surface area contributed by atoms with E-state index in [1.165, 1.54) is 10.9 Å². The summed E-state index contributed by atoms with van der Waals surface area (Å²) in [6.45, 7) is 2.79. The maximum Gasteiger partial charge on any atom is 0.261 e. The molecule has 7 nitrogen and oxygen atoms in total. The summed E-state index contributed by atoms with van der Waals surface area (Å²) < 4.78 is 12.2. The molecule has 3 aromatic rings. The van der Waals surface area contributed by atoms with Crippen LogP contribution in [0.4, 0.5) is 0 Å². The lowest BCUT2D eigenvalue weighted by Crippen LogP contribution is -2.42. The first-order chi connectivity index (χ1) is 14.0. The van der Waals surface area contributed by atoms with Crippen molar-refractivity contribution in [2.24, 2.45) is 0 Å². The molecule has 0 saturated carbocycles. The SMILES string of the molecule is COc1cc2c(cc1OC)CN(C(=O)[C@H](C)n1cnc3ccccc3c1=O)CC2. The highest BCUT2D eigenvalue weighted by molar-refractivity contribution is 5.82. The second-order valence-corrected chi connectivity index (χ2v) is 7.14. The van der Waals surface area contributed by atoms with Crippen molar-refractivity contribution < 1.29 is 14.3 Å². The van der Waals surface area contributed by atoms with E-state index in [1.54, 1.807) is 44.2 Å². The highest BCUT2D eigenvalue weighted by Crippen LogP contribution is 2.33. The van der Waals surface area contributed by atoms with Crippen LogP contribution >= 0.6 is 0 Å². The van der Waals surface area contributed by atoms with E-state index >= 15 is 0 Å². The van der Waals surface area contributed by atoms with Crippen molar-refractivity contribution in [1.29, 1.82) is 0 Å². The van der Waals surface area contributed by atoms with Crippen molar-refractivity contribution in [3.63, 3.8) is 0 Å². The average molecular weight is 393 g/mol. The molecular weight excluding hydrogens is 370 g/mol. The lowest BCUT2D eigenvalue weighted by Gasteiger charge is -2.32. The van der Waals surface area contributed by atoms with Crippen LogP contribution in [0.5, 0.6) is 11.5 Å². The van der Waals surface area contributed by atoms with Gasteiger partial charge in [-0.1, -0.05) is 12.1 Å². The molecule has 0 bridgehead atoms. The number of fused-ring (bicyclic) bond motifs is 2. The Labute approximate surface area is 168 Å². The summed E-state index contributed by atoms with van der Waals surface area (Å²) in [7, 11) is 3.21. The van der Waals surface area contributed by atoms with E-state index in [0.717, 1.165) is 17.5 Å². The number of methoxy groups -OCH3 is 2. The lowest BCUT2D eigenvalue weighted by molar-refractivity contribution is -0.135. The van der Waals surface area contributed by atoms with Crippen LogP contribution in [-0.4, -0.2) is 41.1 Å². The van der Waals surface area contributed by atoms with Gasteiger partial charge in [0.15, 0.2) is 11.5 Å². The Balaban J connectivity index is 1.61. The minimum Gasteiger partial charge on any atom is -0.493 e. The van der Waals surface area contributed by atoms with Crippen molar-refractivity contribution in [2.75, 3.05) is 20.8 Å². The molecule has 7 heteroatoms. The van der Waals surface area contributed by atoms with Gasteiger partial charge in [0.25, 0.3) is 5.56 Å². The summed E-state index contributed by atoms with van der Waals surface area (Å²) in [5.41, 5.74) is 2.59. The second-order valence-electron chi connectivity index (χ2n) is 7.14. The van der Waals surface area contributed by atoms with Crippen molar-refractivity contribution >= 4 is 16.8 Å². The van der Waals surface area contributed by atoms with Crippen LogP contribution in [0, 0.1) is 0 Å². The van der Waals surface area contributed by atoms with Crippen LogP contribution in [0.1, 0.15) is 24.1 Å². The molecule has 0 N–H and O–H groups in total. The number of rotatable bonds is 4. The first-order valence-electron chi connectivity index (χ1n) is 9.52. The molecule has 150 valence electrons. The Hall–Kier alpha value is -3.35. The molecule has 29 heavy (non-hydrogen) atoms. The highest BCUT2D eigenvalue weighted by atomic mass is 16.5. The Morgan fingerprint density at radius 1 is 1.10 bits per heavy atom.